The Kier molecular flexibility index (Phi) is 10.4. The zero-order valence-corrected chi connectivity index (χ0v) is 12.6. The molecule has 0 amide bonds. The molecule has 0 aliphatic carbocycles. The molecule has 1 saturated heterocycles. The number of rotatable bonds is 2. The van der Waals surface area contributed by atoms with Crippen molar-refractivity contribution in [2.45, 2.75) is 25.8 Å². The third-order valence-electron chi connectivity index (χ3n) is 3.27. The van der Waals surface area contributed by atoms with Crippen molar-refractivity contribution in [1.29, 1.82) is 0 Å². The summed E-state index contributed by atoms with van der Waals surface area (Å²) in [5.41, 5.74) is 2.69. The summed E-state index contributed by atoms with van der Waals surface area (Å²) in [5, 5.41) is 3.41. The van der Waals surface area contributed by atoms with Crippen molar-refractivity contribution in [2.24, 2.45) is 0 Å². The molecule has 1 heterocycles. The molecule has 0 saturated carbocycles. The fourth-order valence-electron chi connectivity index (χ4n) is 2.25. The fraction of sp³-hybridized carbons (Fsp3) is 0.538. The minimum Gasteiger partial charge on any atom is -0.412 e. The lowest BCUT2D eigenvalue weighted by Gasteiger charge is -2.33. The quantitative estimate of drug-likeness (QED) is 0.909. The highest BCUT2D eigenvalue weighted by Crippen LogP contribution is 2.20. The SMILES string of the molecule is Cc1cccc(N(C)C2CCNCC2)c1.Cl.Cl.O. The van der Waals surface area contributed by atoms with Crippen molar-refractivity contribution in [1.82, 2.24) is 5.32 Å². The zero-order valence-electron chi connectivity index (χ0n) is 11.0. The van der Waals surface area contributed by atoms with Crippen LogP contribution in [-0.2, 0) is 0 Å². The maximum atomic E-state index is 3.41. The average molecular weight is 295 g/mol. The summed E-state index contributed by atoms with van der Waals surface area (Å²) in [6.07, 6.45) is 2.51. The van der Waals surface area contributed by atoms with E-state index in [1.807, 2.05) is 0 Å². The van der Waals surface area contributed by atoms with Gasteiger partial charge in [0.05, 0.1) is 0 Å². The van der Waals surface area contributed by atoms with Crippen molar-refractivity contribution in [3.63, 3.8) is 0 Å². The molecule has 1 aliphatic heterocycles. The van der Waals surface area contributed by atoms with E-state index in [9.17, 15) is 0 Å². The summed E-state index contributed by atoms with van der Waals surface area (Å²) in [6, 6.07) is 9.46. The van der Waals surface area contributed by atoms with Gasteiger partial charge in [0.15, 0.2) is 0 Å². The molecule has 1 fully saturated rings. The van der Waals surface area contributed by atoms with E-state index in [4.69, 9.17) is 0 Å². The van der Waals surface area contributed by atoms with E-state index in [0.717, 1.165) is 13.1 Å². The molecule has 3 nitrogen and oxygen atoms in total. The van der Waals surface area contributed by atoms with Crippen LogP contribution >= 0.6 is 24.8 Å². The van der Waals surface area contributed by atoms with Gasteiger partial charge in [-0.25, -0.2) is 0 Å². The third-order valence-corrected chi connectivity index (χ3v) is 3.27. The molecule has 0 aromatic heterocycles. The lowest BCUT2D eigenvalue weighted by atomic mass is 10.0. The number of piperidine rings is 1. The first-order valence-electron chi connectivity index (χ1n) is 5.77. The Morgan fingerprint density at radius 2 is 1.78 bits per heavy atom. The standard InChI is InChI=1S/C13H20N2.2ClH.H2O/c1-11-4-3-5-13(10-11)15(2)12-6-8-14-9-7-12;;;/h3-5,10,12,14H,6-9H2,1-2H3;2*1H;1H2. The average Bonchev–Trinajstić information content (AvgIpc) is 2.29. The Morgan fingerprint density at radius 3 is 2.33 bits per heavy atom. The lowest BCUT2D eigenvalue weighted by Crippen LogP contribution is -2.41. The molecule has 0 unspecified atom stereocenters. The molecule has 1 aromatic rings. The van der Waals surface area contributed by atoms with Crippen LogP contribution in [0, 0.1) is 6.92 Å². The van der Waals surface area contributed by atoms with Crippen molar-refractivity contribution in [3.05, 3.63) is 29.8 Å². The van der Waals surface area contributed by atoms with E-state index >= 15 is 0 Å². The van der Waals surface area contributed by atoms with Gasteiger partial charge in [0.1, 0.15) is 0 Å². The number of halogens is 2. The van der Waals surface area contributed by atoms with Crippen molar-refractivity contribution >= 4 is 30.5 Å². The minimum absolute atomic E-state index is 0. The van der Waals surface area contributed by atoms with E-state index in [1.54, 1.807) is 0 Å². The summed E-state index contributed by atoms with van der Waals surface area (Å²) < 4.78 is 0. The molecule has 0 spiro atoms. The Balaban J connectivity index is 0. The number of hydrogen-bond donors (Lipinski definition) is 1. The Hall–Kier alpha value is -0.480. The number of aryl methyl sites for hydroxylation is 1. The molecule has 106 valence electrons. The minimum atomic E-state index is 0. The third kappa shape index (κ3) is 5.02. The topological polar surface area (TPSA) is 46.8 Å². The predicted molar refractivity (Wildman–Crippen MR) is 83.6 cm³/mol. The highest BCUT2D eigenvalue weighted by atomic mass is 35.5. The number of anilines is 1. The first kappa shape index (κ1) is 19.9. The highest BCUT2D eigenvalue weighted by Gasteiger charge is 2.17. The van der Waals surface area contributed by atoms with Crippen LogP contribution in [0.25, 0.3) is 0 Å². The number of nitrogens with one attached hydrogen (secondary N) is 1. The van der Waals surface area contributed by atoms with Crippen LogP contribution in [-0.4, -0.2) is 31.7 Å². The van der Waals surface area contributed by atoms with Crippen LogP contribution in [0.4, 0.5) is 5.69 Å². The summed E-state index contributed by atoms with van der Waals surface area (Å²) in [6.45, 7) is 4.46. The molecular weight excluding hydrogens is 271 g/mol. The smallest absolute Gasteiger partial charge is 0.0368 e. The summed E-state index contributed by atoms with van der Waals surface area (Å²) >= 11 is 0. The molecule has 1 aliphatic rings. The first-order valence-corrected chi connectivity index (χ1v) is 5.77. The van der Waals surface area contributed by atoms with Crippen LogP contribution in [0.1, 0.15) is 18.4 Å². The summed E-state index contributed by atoms with van der Waals surface area (Å²) in [5.74, 6) is 0. The van der Waals surface area contributed by atoms with Gasteiger partial charge < -0.3 is 15.7 Å². The largest absolute Gasteiger partial charge is 0.412 e. The van der Waals surface area contributed by atoms with Gasteiger partial charge in [-0.1, -0.05) is 12.1 Å². The second-order valence-electron chi connectivity index (χ2n) is 4.43. The molecule has 0 radical (unpaired) electrons. The Morgan fingerprint density at radius 1 is 1.17 bits per heavy atom. The number of hydrogen-bond acceptors (Lipinski definition) is 2. The van der Waals surface area contributed by atoms with Gasteiger partial charge in [0.2, 0.25) is 0 Å². The van der Waals surface area contributed by atoms with E-state index < -0.39 is 0 Å². The van der Waals surface area contributed by atoms with Gasteiger partial charge in [-0.3, -0.25) is 0 Å². The van der Waals surface area contributed by atoms with Gasteiger partial charge in [-0.2, -0.15) is 0 Å². The van der Waals surface area contributed by atoms with Crippen molar-refractivity contribution in [3.8, 4) is 0 Å². The predicted octanol–water partition coefficient (Wildman–Crippen LogP) is 2.20. The maximum Gasteiger partial charge on any atom is 0.0368 e. The van der Waals surface area contributed by atoms with Crippen molar-refractivity contribution < 1.29 is 5.48 Å². The van der Waals surface area contributed by atoms with Crippen LogP contribution in [0.3, 0.4) is 0 Å². The van der Waals surface area contributed by atoms with Crippen molar-refractivity contribution in [2.75, 3.05) is 25.0 Å². The monoisotopic (exact) mass is 294 g/mol. The van der Waals surface area contributed by atoms with Crippen LogP contribution < -0.4 is 10.2 Å². The second kappa shape index (κ2) is 9.45. The summed E-state index contributed by atoms with van der Waals surface area (Å²) in [7, 11) is 2.21. The second-order valence-corrected chi connectivity index (χ2v) is 4.43. The Labute approximate surface area is 122 Å². The number of nitrogens with zero attached hydrogens (tertiary/aromatic N) is 1. The molecule has 1 aromatic carbocycles. The van der Waals surface area contributed by atoms with Crippen LogP contribution in [0.5, 0.6) is 0 Å². The van der Waals surface area contributed by atoms with Gasteiger partial charge in [0.25, 0.3) is 0 Å². The zero-order chi connectivity index (χ0) is 10.7. The lowest BCUT2D eigenvalue weighted by molar-refractivity contribution is 0.443. The van der Waals surface area contributed by atoms with E-state index in [-0.39, 0.29) is 30.3 Å². The van der Waals surface area contributed by atoms with Gasteiger partial charge >= 0.3 is 0 Å². The molecule has 18 heavy (non-hydrogen) atoms. The first-order chi connectivity index (χ1) is 7.27. The van der Waals surface area contributed by atoms with E-state index in [2.05, 4.69) is 48.5 Å². The van der Waals surface area contributed by atoms with Gasteiger partial charge in [-0.05, 0) is 50.6 Å². The highest BCUT2D eigenvalue weighted by molar-refractivity contribution is 5.85. The Bertz CT molecular complexity index is 331. The van der Waals surface area contributed by atoms with Crippen LogP contribution in [0.15, 0.2) is 24.3 Å². The molecule has 0 bridgehead atoms. The normalized spacial score (nSPS) is 14.8. The number of benzene rings is 1. The molecule has 5 heteroatoms. The summed E-state index contributed by atoms with van der Waals surface area (Å²) in [4.78, 5) is 2.42. The van der Waals surface area contributed by atoms with E-state index in [0.29, 0.717) is 6.04 Å². The molecule has 2 rings (SSSR count). The van der Waals surface area contributed by atoms with Gasteiger partial charge in [-0.15, -0.1) is 24.8 Å². The molecule has 0 atom stereocenters. The maximum absolute atomic E-state index is 3.41. The van der Waals surface area contributed by atoms with E-state index in [1.165, 1.54) is 24.1 Å². The fourth-order valence-corrected chi connectivity index (χ4v) is 2.25. The van der Waals surface area contributed by atoms with Crippen LogP contribution in [0.2, 0.25) is 0 Å². The molecular formula is C13H24Cl2N2O. The molecule has 3 N–H and O–H groups in total. The van der Waals surface area contributed by atoms with Gasteiger partial charge in [0, 0.05) is 18.8 Å².